The summed E-state index contributed by atoms with van der Waals surface area (Å²) in [7, 11) is 0. The molecular formula is C17H14O2. The first-order chi connectivity index (χ1) is 9.19. The van der Waals surface area contributed by atoms with Crippen LogP contribution in [0.25, 0.3) is 5.57 Å². The largest absolute Gasteiger partial charge is 0.480 e. The quantitative estimate of drug-likeness (QED) is 0.905. The lowest BCUT2D eigenvalue weighted by atomic mass is 9.86. The molecule has 1 aliphatic carbocycles. The second kappa shape index (κ2) is 4.09. The van der Waals surface area contributed by atoms with E-state index >= 15 is 0 Å². The van der Waals surface area contributed by atoms with Gasteiger partial charge < -0.3 is 5.11 Å². The number of carboxylic acids is 1. The summed E-state index contributed by atoms with van der Waals surface area (Å²) in [5.74, 6) is -0.796. The minimum absolute atomic E-state index is 0.796. The first kappa shape index (κ1) is 11.7. The Labute approximate surface area is 112 Å². The molecule has 1 atom stereocenters. The van der Waals surface area contributed by atoms with Gasteiger partial charge in [-0.2, -0.15) is 0 Å². The van der Waals surface area contributed by atoms with Gasteiger partial charge in [-0.3, -0.25) is 4.79 Å². The van der Waals surface area contributed by atoms with E-state index < -0.39 is 11.4 Å². The number of hydrogen-bond acceptors (Lipinski definition) is 1. The summed E-state index contributed by atoms with van der Waals surface area (Å²) in [4.78, 5) is 11.8. The van der Waals surface area contributed by atoms with Gasteiger partial charge in [0.25, 0.3) is 0 Å². The molecule has 0 saturated carbocycles. The van der Waals surface area contributed by atoms with E-state index in [1.165, 1.54) is 0 Å². The van der Waals surface area contributed by atoms with Gasteiger partial charge in [0.05, 0.1) is 0 Å². The van der Waals surface area contributed by atoms with Crippen molar-refractivity contribution < 1.29 is 9.90 Å². The molecule has 0 fully saturated rings. The zero-order valence-corrected chi connectivity index (χ0v) is 10.6. The van der Waals surface area contributed by atoms with Crippen molar-refractivity contribution in [2.75, 3.05) is 0 Å². The Morgan fingerprint density at radius 1 is 0.947 bits per heavy atom. The van der Waals surface area contributed by atoms with E-state index in [0.717, 1.165) is 22.3 Å². The number of carboxylic acid groups (broad SMARTS) is 1. The molecule has 94 valence electrons. The van der Waals surface area contributed by atoms with Gasteiger partial charge in [-0.15, -0.1) is 0 Å². The third-order valence-electron chi connectivity index (χ3n) is 3.84. The van der Waals surface area contributed by atoms with Crippen LogP contribution in [0.3, 0.4) is 0 Å². The summed E-state index contributed by atoms with van der Waals surface area (Å²) in [6.07, 6.45) is 0. The van der Waals surface area contributed by atoms with Gasteiger partial charge in [0, 0.05) is 0 Å². The van der Waals surface area contributed by atoms with Gasteiger partial charge in [-0.1, -0.05) is 60.7 Å². The maximum Gasteiger partial charge on any atom is 0.322 e. The SMILES string of the molecule is CC1=C(c2ccccc2)[C@]1(C(=O)O)c1ccccc1. The fourth-order valence-electron chi connectivity index (χ4n) is 2.88. The normalized spacial score (nSPS) is 21.3. The number of carbonyl (C=O) groups is 1. The average molecular weight is 250 g/mol. The van der Waals surface area contributed by atoms with E-state index in [-0.39, 0.29) is 0 Å². The smallest absolute Gasteiger partial charge is 0.322 e. The second-order valence-corrected chi connectivity index (χ2v) is 4.79. The Bertz CT molecular complexity index is 656. The third-order valence-corrected chi connectivity index (χ3v) is 3.84. The van der Waals surface area contributed by atoms with Crippen LogP contribution >= 0.6 is 0 Å². The van der Waals surface area contributed by atoms with Crippen molar-refractivity contribution in [3.8, 4) is 0 Å². The highest BCUT2D eigenvalue weighted by atomic mass is 16.4. The third kappa shape index (κ3) is 1.53. The van der Waals surface area contributed by atoms with Crippen LogP contribution in [0.2, 0.25) is 0 Å². The molecule has 0 aromatic heterocycles. The first-order valence-corrected chi connectivity index (χ1v) is 6.25. The topological polar surface area (TPSA) is 37.3 Å². The molecule has 0 amide bonds. The van der Waals surface area contributed by atoms with Crippen LogP contribution in [0.1, 0.15) is 18.1 Å². The van der Waals surface area contributed by atoms with Crippen molar-refractivity contribution in [1.82, 2.24) is 0 Å². The maximum absolute atomic E-state index is 11.8. The van der Waals surface area contributed by atoms with Crippen LogP contribution in [0.15, 0.2) is 66.2 Å². The van der Waals surface area contributed by atoms with Crippen LogP contribution in [0.5, 0.6) is 0 Å². The summed E-state index contributed by atoms with van der Waals surface area (Å²) >= 11 is 0. The maximum atomic E-state index is 11.8. The number of hydrogen-bond donors (Lipinski definition) is 1. The Hall–Kier alpha value is -2.35. The van der Waals surface area contributed by atoms with Crippen molar-refractivity contribution in [2.45, 2.75) is 12.3 Å². The van der Waals surface area contributed by atoms with E-state index in [1.54, 1.807) is 0 Å². The lowest BCUT2D eigenvalue weighted by molar-refractivity contribution is -0.139. The lowest BCUT2D eigenvalue weighted by Gasteiger charge is -2.15. The molecule has 2 aromatic rings. The summed E-state index contributed by atoms with van der Waals surface area (Å²) in [6.45, 7) is 1.91. The van der Waals surface area contributed by atoms with Gasteiger partial charge in [0.1, 0.15) is 5.41 Å². The summed E-state index contributed by atoms with van der Waals surface area (Å²) in [5, 5.41) is 9.72. The molecule has 19 heavy (non-hydrogen) atoms. The van der Waals surface area contributed by atoms with Crippen molar-refractivity contribution >= 4 is 11.5 Å². The van der Waals surface area contributed by atoms with Gasteiger partial charge in [-0.25, -0.2) is 0 Å². The molecule has 3 rings (SSSR count). The van der Waals surface area contributed by atoms with Crippen LogP contribution in [-0.2, 0) is 10.2 Å². The minimum Gasteiger partial charge on any atom is -0.480 e. The van der Waals surface area contributed by atoms with Gasteiger partial charge in [0.2, 0.25) is 0 Å². The van der Waals surface area contributed by atoms with E-state index in [4.69, 9.17) is 0 Å². The molecule has 1 N–H and O–H groups in total. The molecule has 2 heteroatoms. The first-order valence-electron chi connectivity index (χ1n) is 6.25. The Kier molecular flexibility index (Phi) is 2.53. The Morgan fingerprint density at radius 2 is 1.47 bits per heavy atom. The molecule has 0 spiro atoms. The average Bonchev–Trinajstić information content (AvgIpc) is 3.08. The standard InChI is InChI=1S/C17H14O2/c1-12-15(13-8-4-2-5-9-13)17(12,16(18)19)14-10-6-3-7-11-14/h2-11H,1H3,(H,18,19)/t17-/m1/s1. The van der Waals surface area contributed by atoms with Crippen molar-refractivity contribution in [3.63, 3.8) is 0 Å². The van der Waals surface area contributed by atoms with E-state index in [2.05, 4.69) is 0 Å². The predicted octanol–water partition coefficient (Wildman–Crippen LogP) is 3.50. The molecule has 0 unspecified atom stereocenters. The van der Waals surface area contributed by atoms with Gasteiger partial charge in [0.15, 0.2) is 0 Å². The van der Waals surface area contributed by atoms with E-state index in [9.17, 15) is 9.90 Å². The minimum atomic E-state index is -0.928. The number of rotatable bonds is 3. The molecule has 2 aromatic carbocycles. The van der Waals surface area contributed by atoms with E-state index in [1.807, 2.05) is 67.6 Å². The van der Waals surface area contributed by atoms with E-state index in [0.29, 0.717) is 0 Å². The van der Waals surface area contributed by atoms with Crippen LogP contribution in [0.4, 0.5) is 0 Å². The molecule has 0 saturated heterocycles. The predicted molar refractivity (Wildman–Crippen MR) is 74.8 cm³/mol. The fourth-order valence-corrected chi connectivity index (χ4v) is 2.88. The van der Waals surface area contributed by atoms with Gasteiger partial charge >= 0.3 is 5.97 Å². The molecule has 0 bridgehead atoms. The monoisotopic (exact) mass is 250 g/mol. The van der Waals surface area contributed by atoms with Crippen molar-refractivity contribution in [1.29, 1.82) is 0 Å². The Morgan fingerprint density at radius 3 is 2.00 bits per heavy atom. The van der Waals surface area contributed by atoms with Crippen molar-refractivity contribution in [3.05, 3.63) is 77.4 Å². The zero-order chi connectivity index (χ0) is 13.5. The summed E-state index contributed by atoms with van der Waals surface area (Å²) in [5.41, 5.74) is 2.75. The van der Waals surface area contributed by atoms with Crippen molar-refractivity contribution in [2.24, 2.45) is 0 Å². The van der Waals surface area contributed by atoms with Crippen LogP contribution in [-0.4, -0.2) is 11.1 Å². The number of aliphatic carboxylic acids is 1. The molecule has 2 nitrogen and oxygen atoms in total. The molecular weight excluding hydrogens is 236 g/mol. The second-order valence-electron chi connectivity index (χ2n) is 4.79. The molecule has 1 aliphatic rings. The molecule has 0 aliphatic heterocycles. The highest BCUT2D eigenvalue weighted by Crippen LogP contribution is 2.59. The number of benzene rings is 2. The Balaban J connectivity index is 2.11. The highest BCUT2D eigenvalue weighted by molar-refractivity contribution is 6.14. The van der Waals surface area contributed by atoms with Gasteiger partial charge in [-0.05, 0) is 29.2 Å². The van der Waals surface area contributed by atoms with Crippen LogP contribution < -0.4 is 0 Å². The zero-order valence-electron chi connectivity index (χ0n) is 10.6. The fraction of sp³-hybridized carbons (Fsp3) is 0.118. The molecule has 0 heterocycles. The van der Waals surface area contributed by atoms with Crippen LogP contribution in [0, 0.1) is 0 Å². The lowest BCUT2D eigenvalue weighted by Crippen LogP contribution is -2.25. The highest BCUT2D eigenvalue weighted by Gasteiger charge is 2.58. The molecule has 0 radical (unpaired) electrons. The summed E-state index contributed by atoms with van der Waals surface area (Å²) in [6, 6.07) is 19.2. The summed E-state index contributed by atoms with van der Waals surface area (Å²) < 4.78 is 0.